The van der Waals surface area contributed by atoms with Gasteiger partial charge in [-0.3, -0.25) is 9.59 Å². The summed E-state index contributed by atoms with van der Waals surface area (Å²) in [6.45, 7) is 0.625. The lowest BCUT2D eigenvalue weighted by Gasteiger charge is -2.37. The van der Waals surface area contributed by atoms with E-state index in [0.717, 1.165) is 19.3 Å². The van der Waals surface area contributed by atoms with Crippen molar-refractivity contribution in [3.8, 4) is 0 Å². The lowest BCUT2D eigenvalue weighted by molar-refractivity contribution is -0.141. The van der Waals surface area contributed by atoms with E-state index in [4.69, 9.17) is 5.11 Å². The predicted octanol–water partition coefficient (Wildman–Crippen LogP) is 0.667. The molecule has 0 aliphatic carbocycles. The first-order valence-electron chi connectivity index (χ1n) is 7.12. The summed E-state index contributed by atoms with van der Waals surface area (Å²) in [5, 5.41) is 8.77. The second kappa shape index (κ2) is 6.11. The third-order valence-electron chi connectivity index (χ3n) is 4.18. The number of nitrogens with zero attached hydrogens (tertiary/aromatic N) is 1. The summed E-state index contributed by atoms with van der Waals surface area (Å²) in [5.74, 6) is -1.33. The number of carboxylic acid groups (broad SMARTS) is 1. The van der Waals surface area contributed by atoms with Gasteiger partial charge in [-0.1, -0.05) is 0 Å². The van der Waals surface area contributed by atoms with Gasteiger partial charge in [-0.25, -0.2) is 8.42 Å². The van der Waals surface area contributed by atoms with Gasteiger partial charge in [0.15, 0.2) is 9.84 Å². The molecule has 0 bridgehead atoms. The number of sulfone groups is 1. The van der Waals surface area contributed by atoms with Gasteiger partial charge >= 0.3 is 5.97 Å². The van der Waals surface area contributed by atoms with E-state index >= 15 is 0 Å². The van der Waals surface area contributed by atoms with E-state index in [1.54, 1.807) is 4.90 Å². The molecular formula is C13H21NO5S. The Labute approximate surface area is 119 Å². The van der Waals surface area contributed by atoms with Crippen LogP contribution in [0.1, 0.15) is 38.5 Å². The number of carbonyl (C=O) groups is 2. The number of hydrogen-bond acceptors (Lipinski definition) is 4. The molecule has 2 aliphatic heterocycles. The smallest absolute Gasteiger partial charge is 0.303 e. The van der Waals surface area contributed by atoms with Crippen LogP contribution in [0.15, 0.2) is 0 Å². The van der Waals surface area contributed by atoms with Crippen molar-refractivity contribution >= 4 is 21.7 Å². The number of likely N-dealkylation sites (tertiary alicyclic amines) is 1. The maximum atomic E-state index is 12.5. The Hall–Kier alpha value is -1.11. The number of piperidine rings is 1. The van der Waals surface area contributed by atoms with E-state index in [-0.39, 0.29) is 29.9 Å². The lowest BCUT2D eigenvalue weighted by atomic mass is 9.95. The van der Waals surface area contributed by atoms with Crippen LogP contribution in [0.5, 0.6) is 0 Å². The molecule has 2 rings (SSSR count). The predicted molar refractivity (Wildman–Crippen MR) is 73.0 cm³/mol. The second-order valence-corrected chi connectivity index (χ2v) is 7.94. The molecule has 1 N–H and O–H groups in total. The van der Waals surface area contributed by atoms with E-state index < -0.39 is 21.7 Å². The molecule has 2 aliphatic rings. The first-order valence-corrected chi connectivity index (χ1v) is 8.94. The molecule has 0 spiro atoms. The Morgan fingerprint density at radius 2 is 1.95 bits per heavy atom. The minimum atomic E-state index is -3.06. The van der Waals surface area contributed by atoms with Crippen molar-refractivity contribution in [1.82, 2.24) is 4.90 Å². The number of rotatable bonds is 4. The molecule has 0 unspecified atom stereocenters. The zero-order chi connectivity index (χ0) is 14.8. The molecule has 0 aromatic rings. The summed E-state index contributed by atoms with van der Waals surface area (Å²) in [4.78, 5) is 24.9. The molecule has 2 fully saturated rings. The number of hydrogen-bond donors (Lipinski definition) is 1. The summed E-state index contributed by atoms with van der Waals surface area (Å²) in [6.07, 6.45) is 3.64. The van der Waals surface area contributed by atoms with Crippen LogP contribution >= 0.6 is 0 Å². The molecule has 7 heteroatoms. The maximum absolute atomic E-state index is 12.5. The van der Waals surface area contributed by atoms with Crippen LogP contribution < -0.4 is 0 Å². The summed E-state index contributed by atoms with van der Waals surface area (Å²) in [7, 11) is -3.06. The van der Waals surface area contributed by atoms with Gasteiger partial charge in [-0.2, -0.15) is 0 Å². The molecule has 0 saturated carbocycles. The van der Waals surface area contributed by atoms with E-state index in [1.807, 2.05) is 0 Å². The highest BCUT2D eigenvalue weighted by atomic mass is 32.2. The minimum Gasteiger partial charge on any atom is -0.481 e. The molecule has 20 heavy (non-hydrogen) atoms. The Morgan fingerprint density at radius 1 is 1.20 bits per heavy atom. The molecule has 0 radical (unpaired) electrons. The van der Waals surface area contributed by atoms with Gasteiger partial charge < -0.3 is 10.0 Å². The third-order valence-corrected chi connectivity index (χ3v) is 5.95. The van der Waals surface area contributed by atoms with Crippen molar-refractivity contribution in [2.75, 3.05) is 18.1 Å². The molecule has 2 atom stereocenters. The van der Waals surface area contributed by atoms with Gasteiger partial charge in [0.1, 0.15) is 0 Å². The van der Waals surface area contributed by atoms with Gasteiger partial charge in [0.2, 0.25) is 5.91 Å². The van der Waals surface area contributed by atoms with Crippen LogP contribution in [0.25, 0.3) is 0 Å². The molecule has 2 heterocycles. The fourth-order valence-corrected chi connectivity index (χ4v) is 4.84. The highest BCUT2D eigenvalue weighted by molar-refractivity contribution is 7.91. The van der Waals surface area contributed by atoms with Gasteiger partial charge in [-0.15, -0.1) is 0 Å². The lowest BCUT2D eigenvalue weighted by Crippen LogP contribution is -2.46. The van der Waals surface area contributed by atoms with Crippen LogP contribution in [0, 0.1) is 5.92 Å². The third kappa shape index (κ3) is 3.71. The normalized spacial score (nSPS) is 29.3. The standard InChI is InChI=1S/C13H21NO5S/c15-12(16)5-4-11-3-1-2-7-14(11)13(17)10-6-8-20(18,19)9-10/h10-11H,1-9H2,(H,15,16)/t10-,11+/m0/s1. The highest BCUT2D eigenvalue weighted by Crippen LogP contribution is 2.27. The van der Waals surface area contributed by atoms with Gasteiger partial charge in [-0.05, 0) is 32.1 Å². The molecule has 0 aromatic carbocycles. The van der Waals surface area contributed by atoms with E-state index in [9.17, 15) is 18.0 Å². The fourth-order valence-electron chi connectivity index (χ4n) is 3.11. The van der Waals surface area contributed by atoms with Crippen molar-refractivity contribution < 1.29 is 23.1 Å². The summed E-state index contributed by atoms with van der Waals surface area (Å²) in [5.41, 5.74) is 0. The van der Waals surface area contributed by atoms with Gasteiger partial charge in [0.25, 0.3) is 0 Å². The SMILES string of the molecule is O=C(O)CC[C@H]1CCCCN1C(=O)[C@H]1CCS(=O)(=O)C1. The van der Waals surface area contributed by atoms with E-state index in [2.05, 4.69) is 0 Å². The molecule has 0 aromatic heterocycles. The van der Waals surface area contributed by atoms with Crippen molar-refractivity contribution in [2.45, 2.75) is 44.6 Å². The largest absolute Gasteiger partial charge is 0.481 e. The Kier molecular flexibility index (Phi) is 4.67. The Morgan fingerprint density at radius 3 is 2.55 bits per heavy atom. The summed E-state index contributed by atoms with van der Waals surface area (Å²) < 4.78 is 23.0. The minimum absolute atomic E-state index is 0.0457. The number of carboxylic acids is 1. The molecular weight excluding hydrogens is 282 g/mol. The van der Waals surface area contributed by atoms with Crippen LogP contribution in [-0.4, -0.2) is 54.4 Å². The average Bonchev–Trinajstić information content (AvgIpc) is 2.76. The summed E-state index contributed by atoms with van der Waals surface area (Å²) in [6, 6.07) is -0.0457. The van der Waals surface area contributed by atoms with Crippen LogP contribution in [0.2, 0.25) is 0 Å². The first kappa shape index (κ1) is 15.3. The van der Waals surface area contributed by atoms with Crippen LogP contribution in [-0.2, 0) is 19.4 Å². The Bertz CT molecular complexity index is 487. The van der Waals surface area contributed by atoms with Gasteiger partial charge in [0.05, 0.1) is 17.4 Å². The van der Waals surface area contributed by atoms with Crippen LogP contribution in [0.3, 0.4) is 0 Å². The number of amides is 1. The first-order chi connectivity index (χ1) is 9.39. The fraction of sp³-hybridized carbons (Fsp3) is 0.846. The highest BCUT2D eigenvalue weighted by Gasteiger charge is 2.38. The van der Waals surface area contributed by atoms with Crippen molar-refractivity contribution in [3.63, 3.8) is 0 Å². The maximum Gasteiger partial charge on any atom is 0.303 e. The van der Waals surface area contributed by atoms with Crippen molar-refractivity contribution in [2.24, 2.45) is 5.92 Å². The van der Waals surface area contributed by atoms with Crippen molar-refractivity contribution in [3.05, 3.63) is 0 Å². The average molecular weight is 303 g/mol. The van der Waals surface area contributed by atoms with Gasteiger partial charge in [0, 0.05) is 19.0 Å². The van der Waals surface area contributed by atoms with E-state index in [1.165, 1.54) is 0 Å². The second-order valence-electron chi connectivity index (χ2n) is 5.71. The number of carbonyl (C=O) groups excluding carboxylic acids is 1. The summed E-state index contributed by atoms with van der Waals surface area (Å²) >= 11 is 0. The topological polar surface area (TPSA) is 91.8 Å². The zero-order valence-electron chi connectivity index (χ0n) is 11.5. The van der Waals surface area contributed by atoms with Crippen LogP contribution in [0.4, 0.5) is 0 Å². The monoisotopic (exact) mass is 303 g/mol. The molecule has 2 saturated heterocycles. The Balaban J connectivity index is 2.00. The quantitative estimate of drug-likeness (QED) is 0.824. The van der Waals surface area contributed by atoms with E-state index in [0.29, 0.717) is 19.4 Å². The zero-order valence-corrected chi connectivity index (χ0v) is 12.3. The van der Waals surface area contributed by atoms with Crippen molar-refractivity contribution in [1.29, 1.82) is 0 Å². The molecule has 1 amide bonds. The number of aliphatic carboxylic acids is 1. The molecule has 6 nitrogen and oxygen atoms in total. The molecule has 114 valence electrons.